The van der Waals surface area contributed by atoms with E-state index in [0.717, 1.165) is 22.3 Å². The number of para-hydroxylation sites is 3. The molecular formula is C19H16N6OS. The molecule has 8 heteroatoms. The second-order valence-electron chi connectivity index (χ2n) is 5.62. The molecule has 7 nitrogen and oxygen atoms in total. The Bertz CT molecular complexity index is 1180. The fourth-order valence-corrected chi connectivity index (χ4v) is 2.84. The van der Waals surface area contributed by atoms with Crippen molar-refractivity contribution in [3.05, 3.63) is 65.2 Å². The van der Waals surface area contributed by atoms with Gasteiger partial charge in [-0.15, -0.1) is 0 Å². The van der Waals surface area contributed by atoms with Crippen LogP contribution in [0.2, 0.25) is 0 Å². The van der Waals surface area contributed by atoms with Gasteiger partial charge in [0, 0.05) is 0 Å². The Morgan fingerprint density at radius 3 is 2.78 bits per heavy atom. The number of benzene rings is 2. The van der Waals surface area contributed by atoms with Gasteiger partial charge in [0.15, 0.2) is 5.82 Å². The molecule has 0 aliphatic rings. The molecule has 0 saturated heterocycles. The Morgan fingerprint density at radius 1 is 1.15 bits per heavy atom. The van der Waals surface area contributed by atoms with Crippen molar-refractivity contribution in [3.8, 4) is 17.1 Å². The molecular weight excluding hydrogens is 360 g/mol. The van der Waals surface area contributed by atoms with Gasteiger partial charge in [0.2, 0.25) is 4.77 Å². The number of nitrogens with one attached hydrogen (secondary N) is 1. The number of aromatic nitrogens is 5. The smallest absolute Gasteiger partial charge is 0.216 e. The van der Waals surface area contributed by atoms with Gasteiger partial charge >= 0.3 is 0 Å². The number of nitrogens with zero attached hydrogens (tertiary/aromatic N) is 5. The second kappa shape index (κ2) is 7.46. The van der Waals surface area contributed by atoms with Crippen LogP contribution in [0.4, 0.5) is 0 Å². The molecule has 0 bridgehead atoms. The molecule has 0 spiro atoms. The minimum atomic E-state index is 0.376. The summed E-state index contributed by atoms with van der Waals surface area (Å²) in [6.45, 7) is 2.49. The van der Waals surface area contributed by atoms with Crippen LogP contribution in [0, 0.1) is 4.77 Å². The molecule has 0 unspecified atom stereocenters. The van der Waals surface area contributed by atoms with Gasteiger partial charge in [-0.2, -0.15) is 14.9 Å². The molecule has 4 rings (SSSR count). The Labute approximate surface area is 160 Å². The largest absolute Gasteiger partial charge is 0.493 e. The van der Waals surface area contributed by atoms with E-state index in [9.17, 15) is 0 Å². The van der Waals surface area contributed by atoms with Crippen LogP contribution in [0.3, 0.4) is 0 Å². The van der Waals surface area contributed by atoms with Gasteiger partial charge in [-0.25, -0.2) is 10.1 Å². The van der Waals surface area contributed by atoms with E-state index in [2.05, 4.69) is 25.3 Å². The lowest BCUT2D eigenvalue weighted by molar-refractivity contribution is 0.341. The molecule has 0 amide bonds. The molecule has 27 heavy (non-hydrogen) atoms. The third-order valence-electron chi connectivity index (χ3n) is 3.85. The molecule has 0 aliphatic heterocycles. The lowest BCUT2D eigenvalue weighted by atomic mass is 10.2. The summed E-state index contributed by atoms with van der Waals surface area (Å²) in [6.07, 6.45) is 3.28. The van der Waals surface area contributed by atoms with Gasteiger partial charge < -0.3 is 4.74 Å². The van der Waals surface area contributed by atoms with E-state index in [1.165, 1.54) is 0 Å². The minimum Gasteiger partial charge on any atom is -0.493 e. The van der Waals surface area contributed by atoms with Crippen molar-refractivity contribution >= 4 is 29.5 Å². The molecule has 4 aromatic rings. The fourth-order valence-electron chi connectivity index (χ4n) is 2.66. The third-order valence-corrected chi connectivity index (χ3v) is 4.12. The Balaban J connectivity index is 1.74. The zero-order valence-corrected chi connectivity index (χ0v) is 15.3. The van der Waals surface area contributed by atoms with Gasteiger partial charge in [-0.1, -0.05) is 24.3 Å². The molecule has 134 valence electrons. The van der Waals surface area contributed by atoms with Crippen molar-refractivity contribution in [1.82, 2.24) is 24.8 Å². The number of fused-ring (bicyclic) bond motifs is 1. The minimum absolute atomic E-state index is 0.376. The van der Waals surface area contributed by atoms with Crippen LogP contribution in [0.5, 0.6) is 5.75 Å². The summed E-state index contributed by atoms with van der Waals surface area (Å²) >= 11 is 5.33. The third kappa shape index (κ3) is 3.47. The van der Waals surface area contributed by atoms with Crippen molar-refractivity contribution in [2.75, 3.05) is 6.61 Å². The molecule has 0 fully saturated rings. The number of rotatable bonds is 5. The van der Waals surface area contributed by atoms with E-state index in [4.69, 9.17) is 17.0 Å². The zero-order chi connectivity index (χ0) is 18.6. The Morgan fingerprint density at radius 2 is 1.93 bits per heavy atom. The second-order valence-corrected chi connectivity index (χ2v) is 6.01. The van der Waals surface area contributed by atoms with Crippen molar-refractivity contribution in [3.63, 3.8) is 0 Å². The first kappa shape index (κ1) is 17.0. The van der Waals surface area contributed by atoms with Crippen LogP contribution in [0.1, 0.15) is 12.6 Å². The zero-order valence-electron chi connectivity index (χ0n) is 14.5. The number of hydrogen-bond donors (Lipinski definition) is 1. The number of H-pyrrole nitrogens is 1. The van der Waals surface area contributed by atoms with Gasteiger partial charge in [0.25, 0.3) is 0 Å². The molecule has 2 heterocycles. The maximum Gasteiger partial charge on any atom is 0.216 e. The first-order valence-electron chi connectivity index (χ1n) is 8.42. The maximum atomic E-state index is 5.69. The van der Waals surface area contributed by atoms with E-state index in [1.54, 1.807) is 17.1 Å². The number of hydrogen-bond acceptors (Lipinski definition) is 6. The summed E-state index contributed by atoms with van der Waals surface area (Å²) < 4.78 is 7.61. The molecule has 1 N–H and O–H groups in total. The predicted octanol–water partition coefficient (Wildman–Crippen LogP) is 3.83. The van der Waals surface area contributed by atoms with Gasteiger partial charge in [0.05, 0.1) is 35.6 Å². The molecule has 2 aromatic carbocycles. The highest BCUT2D eigenvalue weighted by molar-refractivity contribution is 7.71. The fraction of sp³-hybridized carbons (Fsp3) is 0.105. The van der Waals surface area contributed by atoms with Crippen molar-refractivity contribution in [2.45, 2.75) is 6.92 Å². The Kier molecular flexibility index (Phi) is 4.71. The van der Waals surface area contributed by atoms with Crippen LogP contribution in [0.25, 0.3) is 22.4 Å². The van der Waals surface area contributed by atoms with E-state index in [1.807, 2.05) is 55.5 Å². The summed E-state index contributed by atoms with van der Waals surface area (Å²) in [4.78, 5) is 8.93. The standard InChI is InChI=1S/C19H16N6OS/c1-2-26-17-10-6-3-7-14(17)18-23-24-19(27)25(18)21-12-13-11-20-15-8-4-5-9-16(15)22-13/h3-12H,2H2,1H3,(H,24,27)/b21-12-. The predicted molar refractivity (Wildman–Crippen MR) is 107 cm³/mol. The average molecular weight is 376 g/mol. The van der Waals surface area contributed by atoms with Crippen LogP contribution in [0.15, 0.2) is 59.8 Å². The van der Waals surface area contributed by atoms with Crippen molar-refractivity contribution in [2.24, 2.45) is 5.10 Å². The van der Waals surface area contributed by atoms with Crippen molar-refractivity contribution < 1.29 is 4.74 Å². The number of aromatic amines is 1. The van der Waals surface area contributed by atoms with Crippen LogP contribution < -0.4 is 4.74 Å². The molecule has 0 aliphatic carbocycles. The van der Waals surface area contributed by atoms with Gasteiger partial charge in [-0.3, -0.25) is 4.98 Å². The molecule has 2 aromatic heterocycles. The van der Waals surface area contributed by atoms with Crippen LogP contribution in [-0.4, -0.2) is 37.7 Å². The highest BCUT2D eigenvalue weighted by atomic mass is 32.1. The highest BCUT2D eigenvalue weighted by Crippen LogP contribution is 2.28. The van der Waals surface area contributed by atoms with E-state index < -0.39 is 0 Å². The Hall–Kier alpha value is -3.39. The molecule has 0 atom stereocenters. The summed E-state index contributed by atoms with van der Waals surface area (Å²) in [5.74, 6) is 1.28. The average Bonchev–Trinajstić information content (AvgIpc) is 3.07. The normalized spacial score (nSPS) is 11.3. The summed E-state index contributed by atoms with van der Waals surface area (Å²) in [6, 6.07) is 15.3. The first-order valence-corrected chi connectivity index (χ1v) is 8.83. The first-order chi connectivity index (χ1) is 13.3. The highest BCUT2D eigenvalue weighted by Gasteiger charge is 2.13. The van der Waals surface area contributed by atoms with Gasteiger partial charge in [-0.05, 0) is 43.4 Å². The maximum absolute atomic E-state index is 5.69. The lowest BCUT2D eigenvalue weighted by Gasteiger charge is -2.08. The SMILES string of the molecule is CCOc1ccccc1-c1n[nH]c(=S)n1/N=C\c1cnc2ccccc2n1. The summed E-state index contributed by atoms with van der Waals surface area (Å²) in [5.41, 5.74) is 3.06. The van der Waals surface area contributed by atoms with Gasteiger partial charge in [0.1, 0.15) is 11.4 Å². The summed E-state index contributed by atoms with van der Waals surface area (Å²) in [5, 5.41) is 11.5. The van der Waals surface area contributed by atoms with Crippen molar-refractivity contribution in [1.29, 1.82) is 0 Å². The lowest BCUT2D eigenvalue weighted by Crippen LogP contribution is -1.99. The van der Waals surface area contributed by atoms with Crippen LogP contribution >= 0.6 is 12.2 Å². The van der Waals surface area contributed by atoms with E-state index in [-0.39, 0.29) is 0 Å². The van der Waals surface area contributed by atoms with E-state index >= 15 is 0 Å². The molecule has 0 saturated carbocycles. The van der Waals surface area contributed by atoms with Crippen LogP contribution in [-0.2, 0) is 0 Å². The molecule has 0 radical (unpaired) electrons. The number of ether oxygens (including phenoxy) is 1. The van der Waals surface area contributed by atoms with E-state index in [0.29, 0.717) is 22.9 Å². The summed E-state index contributed by atoms with van der Waals surface area (Å²) in [7, 11) is 0. The monoisotopic (exact) mass is 376 g/mol. The quantitative estimate of drug-likeness (QED) is 0.423. The topological polar surface area (TPSA) is 81.0 Å².